The van der Waals surface area contributed by atoms with Crippen molar-refractivity contribution < 1.29 is 23.1 Å². The zero-order valence-electron chi connectivity index (χ0n) is 17.8. The molecule has 3 aromatic rings. The quantitative estimate of drug-likeness (QED) is 0.603. The van der Waals surface area contributed by atoms with Crippen LogP contribution >= 0.6 is 0 Å². The van der Waals surface area contributed by atoms with Crippen molar-refractivity contribution in [3.8, 4) is 5.75 Å². The largest absolute Gasteiger partial charge is 0.508 e. The number of aryl methyl sites for hydroxylation is 2. The fourth-order valence-corrected chi connectivity index (χ4v) is 3.65. The minimum Gasteiger partial charge on any atom is -0.508 e. The fourth-order valence-electron chi connectivity index (χ4n) is 3.65. The number of halogens is 3. The van der Waals surface area contributed by atoms with Gasteiger partial charge in [-0.1, -0.05) is 11.6 Å². The van der Waals surface area contributed by atoms with Crippen molar-refractivity contribution in [2.24, 2.45) is 5.73 Å². The molecule has 9 heteroatoms. The van der Waals surface area contributed by atoms with E-state index >= 15 is 0 Å². The maximum atomic E-state index is 13.3. The number of fused-ring (bicyclic) bond motifs is 3. The normalized spacial score (nSPS) is 13.3. The van der Waals surface area contributed by atoms with Gasteiger partial charge in [-0.25, -0.2) is 9.97 Å². The second-order valence-electron chi connectivity index (χ2n) is 7.65. The maximum Gasteiger partial charge on any atom is 0.434 e. The highest BCUT2D eigenvalue weighted by atomic mass is 19.4. The lowest BCUT2D eigenvalue weighted by atomic mass is 10.0. The molecule has 0 saturated carbocycles. The molecule has 2 aromatic heterocycles. The first-order valence-electron chi connectivity index (χ1n) is 9.54. The van der Waals surface area contributed by atoms with Gasteiger partial charge in [-0.3, -0.25) is 9.20 Å². The van der Waals surface area contributed by atoms with Gasteiger partial charge in [0.1, 0.15) is 12.1 Å². The van der Waals surface area contributed by atoms with E-state index in [0.717, 1.165) is 5.56 Å². The number of allylic oxidation sites excluding steroid dienone is 1. The summed E-state index contributed by atoms with van der Waals surface area (Å²) in [5.74, 6) is -0.488. The lowest BCUT2D eigenvalue weighted by Gasteiger charge is -2.14. The van der Waals surface area contributed by atoms with Crippen LogP contribution < -0.4 is 5.73 Å². The molecule has 0 bridgehead atoms. The predicted octanol–water partition coefficient (Wildman–Crippen LogP) is 4.19. The molecule has 0 saturated heterocycles. The minimum atomic E-state index is -4.67. The number of nitrogens with two attached hydrogens (primary N) is 1. The summed E-state index contributed by atoms with van der Waals surface area (Å²) in [7, 11) is 0. The van der Waals surface area contributed by atoms with Crippen LogP contribution in [-0.4, -0.2) is 25.4 Å². The van der Waals surface area contributed by atoms with Crippen molar-refractivity contribution in [2.75, 3.05) is 0 Å². The molecule has 4 rings (SSSR count). The van der Waals surface area contributed by atoms with Gasteiger partial charge >= 0.3 is 6.18 Å². The molecule has 0 atom stereocenters. The van der Waals surface area contributed by atoms with Crippen molar-refractivity contribution in [3.63, 3.8) is 0 Å². The van der Waals surface area contributed by atoms with Crippen LogP contribution in [0.4, 0.5) is 13.2 Å². The first-order chi connectivity index (χ1) is 14.3. The number of aromatic hydroxyl groups is 1. The second kappa shape index (κ2) is 7.72. The van der Waals surface area contributed by atoms with Gasteiger partial charge in [0.25, 0.3) is 0 Å². The van der Waals surface area contributed by atoms with Gasteiger partial charge in [0.05, 0.1) is 5.69 Å². The molecule has 0 unspecified atom stereocenters. The van der Waals surface area contributed by atoms with Crippen molar-refractivity contribution in [1.29, 1.82) is 0 Å². The lowest BCUT2D eigenvalue weighted by Crippen LogP contribution is -2.19. The molecular formula is C22H23F3N4O2. The third kappa shape index (κ3) is 3.87. The molecule has 1 aliphatic carbocycles. The lowest BCUT2D eigenvalue weighted by molar-refractivity contribution is -0.141. The molecule has 1 aliphatic rings. The Morgan fingerprint density at radius 2 is 1.77 bits per heavy atom. The Labute approximate surface area is 177 Å². The Kier molecular flexibility index (Phi) is 5.56. The maximum absolute atomic E-state index is 13.3. The number of rotatable bonds is 1. The van der Waals surface area contributed by atoms with Crippen LogP contribution in [0.2, 0.25) is 0 Å². The summed E-state index contributed by atoms with van der Waals surface area (Å²) < 4.78 is 41.4. The van der Waals surface area contributed by atoms with Gasteiger partial charge in [0.15, 0.2) is 11.3 Å². The SMILES string of the molecule is CC1=C(C(N)=O)c2c(C(F)(F)F)nc3c(C)ncn3c2C1.Cc1ccc(O)c(C)c1C. The number of nitrogens with zero attached hydrogens (tertiary/aromatic N) is 3. The molecule has 6 nitrogen and oxygen atoms in total. The van der Waals surface area contributed by atoms with E-state index in [4.69, 9.17) is 5.73 Å². The van der Waals surface area contributed by atoms with E-state index in [1.807, 2.05) is 26.8 Å². The Balaban J connectivity index is 0.000000229. The van der Waals surface area contributed by atoms with E-state index in [-0.39, 0.29) is 23.2 Å². The molecule has 0 radical (unpaired) electrons. The Hall–Kier alpha value is -3.36. The topological polar surface area (TPSA) is 93.5 Å². The number of hydrogen-bond acceptors (Lipinski definition) is 4. The predicted molar refractivity (Wildman–Crippen MR) is 111 cm³/mol. The van der Waals surface area contributed by atoms with Crippen LogP contribution in [0.5, 0.6) is 5.75 Å². The first kappa shape index (κ1) is 22.3. The van der Waals surface area contributed by atoms with Gasteiger partial charge < -0.3 is 10.8 Å². The zero-order valence-corrected chi connectivity index (χ0v) is 17.8. The molecule has 31 heavy (non-hydrogen) atoms. The third-order valence-electron chi connectivity index (χ3n) is 5.61. The highest BCUT2D eigenvalue weighted by Gasteiger charge is 2.42. The van der Waals surface area contributed by atoms with Crippen molar-refractivity contribution in [3.05, 3.63) is 63.4 Å². The van der Waals surface area contributed by atoms with E-state index in [1.165, 1.54) is 21.9 Å². The number of phenols is 1. The summed E-state index contributed by atoms with van der Waals surface area (Å²) >= 11 is 0. The van der Waals surface area contributed by atoms with E-state index in [2.05, 4.69) is 9.97 Å². The van der Waals surface area contributed by atoms with Crippen LogP contribution in [0.3, 0.4) is 0 Å². The number of amides is 1. The fraction of sp³-hybridized carbons (Fsp3) is 0.318. The van der Waals surface area contributed by atoms with E-state index < -0.39 is 17.8 Å². The molecule has 3 N–H and O–H groups in total. The Bertz CT molecular complexity index is 1210. The molecule has 1 amide bonds. The third-order valence-corrected chi connectivity index (χ3v) is 5.61. The average Bonchev–Trinajstić information content (AvgIpc) is 3.22. The van der Waals surface area contributed by atoms with Crippen molar-refractivity contribution in [1.82, 2.24) is 14.4 Å². The van der Waals surface area contributed by atoms with Gasteiger partial charge in [-0.15, -0.1) is 0 Å². The van der Waals surface area contributed by atoms with E-state index in [1.54, 1.807) is 19.9 Å². The van der Waals surface area contributed by atoms with Crippen LogP contribution in [-0.2, 0) is 17.4 Å². The van der Waals surface area contributed by atoms with Gasteiger partial charge in [-0.05, 0) is 57.4 Å². The number of alkyl halides is 3. The molecule has 0 fully saturated rings. The molecule has 164 valence electrons. The van der Waals surface area contributed by atoms with Crippen LogP contribution in [0, 0.1) is 27.7 Å². The van der Waals surface area contributed by atoms with Gasteiger partial charge in [-0.2, -0.15) is 13.2 Å². The number of carbonyl (C=O) groups excluding carboxylic acids is 1. The highest BCUT2D eigenvalue weighted by Crippen LogP contribution is 2.41. The number of hydrogen-bond donors (Lipinski definition) is 2. The van der Waals surface area contributed by atoms with Crippen LogP contribution in [0.15, 0.2) is 24.0 Å². The standard InChI is InChI=1S/C13H11F3N4O.C9H12O/c1-5-3-7-9(8(5)11(17)21)10(13(14,15)16)19-12-6(2)18-4-20(7)12;1-6-4-5-9(10)8(3)7(6)2/h4H,3H2,1-2H3,(H2,17,21);4-5,10H,1-3H3. The van der Waals surface area contributed by atoms with E-state index in [9.17, 15) is 23.1 Å². The molecular weight excluding hydrogens is 409 g/mol. The minimum absolute atomic E-state index is 0.0990. The van der Waals surface area contributed by atoms with Gasteiger partial charge in [0, 0.05) is 23.3 Å². The molecule has 2 heterocycles. The summed E-state index contributed by atoms with van der Waals surface area (Å²) in [6.07, 6.45) is -3.05. The Morgan fingerprint density at radius 3 is 2.32 bits per heavy atom. The Morgan fingerprint density at radius 1 is 1.13 bits per heavy atom. The smallest absolute Gasteiger partial charge is 0.434 e. The number of benzene rings is 1. The average molecular weight is 432 g/mol. The summed E-state index contributed by atoms with van der Waals surface area (Å²) in [5.41, 5.74) is 8.62. The monoisotopic (exact) mass is 432 g/mol. The van der Waals surface area contributed by atoms with Crippen LogP contribution in [0.1, 0.15) is 46.3 Å². The van der Waals surface area contributed by atoms with Crippen molar-refractivity contribution in [2.45, 2.75) is 47.2 Å². The number of aromatic nitrogens is 3. The van der Waals surface area contributed by atoms with E-state index in [0.29, 0.717) is 22.7 Å². The molecule has 1 aromatic carbocycles. The van der Waals surface area contributed by atoms with Crippen molar-refractivity contribution >= 4 is 17.1 Å². The molecule has 0 spiro atoms. The summed E-state index contributed by atoms with van der Waals surface area (Å²) in [6.45, 7) is 9.17. The van der Waals surface area contributed by atoms with Gasteiger partial charge in [0.2, 0.25) is 5.91 Å². The number of carbonyl (C=O) groups is 1. The second-order valence-corrected chi connectivity index (χ2v) is 7.65. The number of primary amides is 1. The first-order valence-corrected chi connectivity index (χ1v) is 9.54. The highest BCUT2D eigenvalue weighted by molar-refractivity contribution is 6.21. The zero-order chi connectivity index (χ0) is 23.2. The summed E-state index contributed by atoms with van der Waals surface area (Å²) in [6, 6.07) is 3.66. The summed E-state index contributed by atoms with van der Waals surface area (Å²) in [5, 5.41) is 9.22. The summed E-state index contributed by atoms with van der Waals surface area (Å²) in [4.78, 5) is 19.2. The number of imidazole rings is 1. The van der Waals surface area contributed by atoms with Crippen LogP contribution in [0.25, 0.3) is 11.2 Å². The number of phenolic OH excluding ortho intramolecular Hbond substituents is 1. The molecule has 0 aliphatic heterocycles.